The second kappa shape index (κ2) is 6.91. The van der Waals surface area contributed by atoms with Gasteiger partial charge in [-0.05, 0) is 46.0 Å². The molecule has 1 aromatic carbocycles. The average Bonchev–Trinajstić information content (AvgIpc) is 2.37. The standard InChI is InChI=1S/C14H21BrN2O2/c1-14(2,6-7-19-3)9-17-13(18)10-4-5-11(15)12(16)8-10/h4-5,8H,6-7,9,16H2,1-3H3,(H,17,18). The highest BCUT2D eigenvalue weighted by Gasteiger charge is 2.19. The molecule has 0 aliphatic rings. The maximum atomic E-state index is 12.0. The molecule has 3 N–H and O–H groups in total. The van der Waals surface area contributed by atoms with E-state index >= 15 is 0 Å². The lowest BCUT2D eigenvalue weighted by atomic mass is 9.89. The van der Waals surface area contributed by atoms with Crippen molar-refractivity contribution in [1.82, 2.24) is 5.32 Å². The van der Waals surface area contributed by atoms with Gasteiger partial charge in [0.25, 0.3) is 5.91 Å². The molecule has 0 bridgehead atoms. The van der Waals surface area contributed by atoms with E-state index < -0.39 is 0 Å². The van der Waals surface area contributed by atoms with Crippen LogP contribution in [-0.2, 0) is 4.74 Å². The lowest BCUT2D eigenvalue weighted by Crippen LogP contribution is -2.34. The maximum Gasteiger partial charge on any atom is 0.251 e. The first-order valence-corrected chi connectivity index (χ1v) is 6.97. The number of anilines is 1. The normalized spacial score (nSPS) is 11.4. The summed E-state index contributed by atoms with van der Waals surface area (Å²) in [6, 6.07) is 5.19. The molecule has 0 saturated carbocycles. The zero-order chi connectivity index (χ0) is 14.5. The van der Waals surface area contributed by atoms with Gasteiger partial charge in [0.2, 0.25) is 0 Å². The Labute approximate surface area is 122 Å². The predicted molar refractivity (Wildman–Crippen MR) is 81.2 cm³/mol. The molecule has 0 aromatic heterocycles. The molecule has 0 aliphatic heterocycles. The van der Waals surface area contributed by atoms with E-state index in [0.717, 1.165) is 10.9 Å². The van der Waals surface area contributed by atoms with Crippen molar-refractivity contribution < 1.29 is 9.53 Å². The zero-order valence-electron chi connectivity index (χ0n) is 11.6. The molecule has 0 saturated heterocycles. The summed E-state index contributed by atoms with van der Waals surface area (Å²) in [6.45, 7) is 5.49. The Kier molecular flexibility index (Phi) is 5.82. The number of amides is 1. The number of ether oxygens (including phenoxy) is 1. The summed E-state index contributed by atoms with van der Waals surface area (Å²) in [6.07, 6.45) is 0.895. The summed E-state index contributed by atoms with van der Waals surface area (Å²) < 4.78 is 5.86. The molecule has 1 amide bonds. The Bertz CT molecular complexity index is 447. The Morgan fingerprint density at radius 1 is 1.47 bits per heavy atom. The summed E-state index contributed by atoms with van der Waals surface area (Å²) in [5.74, 6) is -0.107. The Morgan fingerprint density at radius 2 is 2.16 bits per heavy atom. The minimum atomic E-state index is -0.107. The van der Waals surface area contributed by atoms with Crippen molar-refractivity contribution in [2.75, 3.05) is 26.0 Å². The molecular weight excluding hydrogens is 308 g/mol. The fourth-order valence-corrected chi connectivity index (χ4v) is 1.82. The molecule has 1 aromatic rings. The van der Waals surface area contributed by atoms with Crippen LogP contribution in [0.2, 0.25) is 0 Å². The van der Waals surface area contributed by atoms with Crippen LogP contribution in [0.3, 0.4) is 0 Å². The van der Waals surface area contributed by atoms with E-state index in [1.54, 1.807) is 25.3 Å². The third-order valence-electron chi connectivity index (χ3n) is 2.97. The van der Waals surface area contributed by atoms with Crippen molar-refractivity contribution in [1.29, 1.82) is 0 Å². The first-order chi connectivity index (χ1) is 8.85. The number of benzene rings is 1. The number of hydrogen-bond acceptors (Lipinski definition) is 3. The van der Waals surface area contributed by atoms with Crippen LogP contribution < -0.4 is 11.1 Å². The van der Waals surface area contributed by atoms with Crippen LogP contribution in [0.1, 0.15) is 30.6 Å². The Hall–Kier alpha value is -1.07. The van der Waals surface area contributed by atoms with Crippen molar-refractivity contribution in [3.8, 4) is 0 Å². The summed E-state index contributed by atoms with van der Waals surface area (Å²) in [5, 5.41) is 2.93. The number of carbonyl (C=O) groups excluding carboxylic acids is 1. The SMILES string of the molecule is COCCC(C)(C)CNC(=O)c1ccc(Br)c(N)c1. The highest BCUT2D eigenvalue weighted by Crippen LogP contribution is 2.21. The number of rotatable bonds is 6. The smallest absolute Gasteiger partial charge is 0.251 e. The van der Waals surface area contributed by atoms with E-state index in [9.17, 15) is 4.79 Å². The molecule has 0 aliphatic carbocycles. The zero-order valence-corrected chi connectivity index (χ0v) is 13.2. The summed E-state index contributed by atoms with van der Waals surface area (Å²) in [7, 11) is 1.68. The lowest BCUT2D eigenvalue weighted by Gasteiger charge is -2.24. The highest BCUT2D eigenvalue weighted by molar-refractivity contribution is 9.10. The van der Waals surface area contributed by atoms with Gasteiger partial charge < -0.3 is 15.8 Å². The van der Waals surface area contributed by atoms with E-state index in [4.69, 9.17) is 10.5 Å². The van der Waals surface area contributed by atoms with Gasteiger partial charge in [-0.15, -0.1) is 0 Å². The minimum absolute atomic E-state index is 0.00653. The Balaban J connectivity index is 2.57. The van der Waals surface area contributed by atoms with Crippen LogP contribution in [0.25, 0.3) is 0 Å². The molecule has 0 radical (unpaired) electrons. The van der Waals surface area contributed by atoms with Crippen LogP contribution in [0.4, 0.5) is 5.69 Å². The second-order valence-electron chi connectivity index (χ2n) is 5.33. The minimum Gasteiger partial charge on any atom is -0.398 e. The summed E-state index contributed by atoms with van der Waals surface area (Å²) in [5.41, 5.74) is 6.90. The number of nitrogens with two attached hydrogens (primary N) is 1. The molecule has 106 valence electrons. The van der Waals surface area contributed by atoms with Gasteiger partial charge in [-0.2, -0.15) is 0 Å². The van der Waals surface area contributed by atoms with E-state index in [1.165, 1.54) is 0 Å². The maximum absolute atomic E-state index is 12.0. The van der Waals surface area contributed by atoms with Gasteiger partial charge in [0.1, 0.15) is 0 Å². The van der Waals surface area contributed by atoms with Gasteiger partial charge in [-0.1, -0.05) is 13.8 Å². The first kappa shape index (κ1) is 16.0. The van der Waals surface area contributed by atoms with Crippen molar-refractivity contribution in [2.45, 2.75) is 20.3 Å². The summed E-state index contributed by atoms with van der Waals surface area (Å²) >= 11 is 3.31. The van der Waals surface area contributed by atoms with E-state index in [2.05, 4.69) is 35.1 Å². The number of methoxy groups -OCH3 is 1. The predicted octanol–water partition coefficient (Wildman–Crippen LogP) is 2.82. The van der Waals surface area contributed by atoms with Gasteiger partial charge in [0.05, 0.1) is 0 Å². The van der Waals surface area contributed by atoms with Gasteiger partial charge in [-0.25, -0.2) is 0 Å². The third-order valence-corrected chi connectivity index (χ3v) is 3.69. The fraction of sp³-hybridized carbons (Fsp3) is 0.500. The second-order valence-corrected chi connectivity index (χ2v) is 6.18. The van der Waals surface area contributed by atoms with Crippen LogP contribution in [-0.4, -0.2) is 26.2 Å². The average molecular weight is 329 g/mol. The fourth-order valence-electron chi connectivity index (χ4n) is 1.57. The molecule has 5 heteroatoms. The summed E-state index contributed by atoms with van der Waals surface area (Å²) in [4.78, 5) is 12.0. The number of nitrogens with one attached hydrogen (secondary N) is 1. The number of hydrogen-bond donors (Lipinski definition) is 2. The largest absolute Gasteiger partial charge is 0.398 e. The van der Waals surface area contributed by atoms with Crippen LogP contribution in [0, 0.1) is 5.41 Å². The van der Waals surface area contributed by atoms with E-state index in [0.29, 0.717) is 24.4 Å². The lowest BCUT2D eigenvalue weighted by molar-refractivity contribution is 0.0921. The molecule has 19 heavy (non-hydrogen) atoms. The molecular formula is C14H21BrN2O2. The first-order valence-electron chi connectivity index (χ1n) is 6.18. The quantitative estimate of drug-likeness (QED) is 0.789. The molecule has 0 atom stereocenters. The van der Waals surface area contributed by atoms with Gasteiger partial charge in [0, 0.05) is 36.0 Å². The Morgan fingerprint density at radius 3 is 2.74 bits per heavy atom. The number of halogens is 1. The molecule has 0 heterocycles. The molecule has 4 nitrogen and oxygen atoms in total. The van der Waals surface area contributed by atoms with Crippen LogP contribution >= 0.6 is 15.9 Å². The molecule has 0 unspecified atom stereocenters. The van der Waals surface area contributed by atoms with Crippen LogP contribution in [0.15, 0.2) is 22.7 Å². The van der Waals surface area contributed by atoms with Gasteiger partial charge in [0.15, 0.2) is 0 Å². The highest BCUT2D eigenvalue weighted by atomic mass is 79.9. The molecule has 0 fully saturated rings. The van der Waals surface area contributed by atoms with Gasteiger partial charge >= 0.3 is 0 Å². The van der Waals surface area contributed by atoms with Crippen molar-refractivity contribution in [3.63, 3.8) is 0 Å². The third kappa shape index (κ3) is 5.20. The van der Waals surface area contributed by atoms with Gasteiger partial charge in [-0.3, -0.25) is 4.79 Å². The van der Waals surface area contributed by atoms with Crippen molar-refractivity contribution in [2.24, 2.45) is 5.41 Å². The van der Waals surface area contributed by atoms with Crippen LogP contribution in [0.5, 0.6) is 0 Å². The number of carbonyl (C=O) groups is 1. The topological polar surface area (TPSA) is 64.3 Å². The molecule has 0 spiro atoms. The van der Waals surface area contributed by atoms with Crippen molar-refractivity contribution in [3.05, 3.63) is 28.2 Å². The number of nitrogen functional groups attached to an aromatic ring is 1. The monoisotopic (exact) mass is 328 g/mol. The van der Waals surface area contributed by atoms with Crippen molar-refractivity contribution >= 4 is 27.5 Å². The molecule has 1 rings (SSSR count). The van der Waals surface area contributed by atoms with E-state index in [-0.39, 0.29) is 11.3 Å². The van der Waals surface area contributed by atoms with E-state index in [1.807, 2.05) is 0 Å².